The van der Waals surface area contributed by atoms with Gasteiger partial charge >= 0.3 is 0 Å². The third kappa shape index (κ3) is 2.62. The van der Waals surface area contributed by atoms with E-state index in [4.69, 9.17) is 9.47 Å². The molecule has 1 atom stereocenters. The lowest BCUT2D eigenvalue weighted by molar-refractivity contribution is -0.117. The van der Waals surface area contributed by atoms with E-state index in [1.807, 2.05) is 19.1 Å². The lowest BCUT2D eigenvalue weighted by Gasteiger charge is -2.24. The predicted octanol–water partition coefficient (Wildman–Crippen LogP) is 2.22. The number of methoxy groups -OCH3 is 1. The maximum Gasteiger partial charge on any atom is 0.229 e. The largest absolute Gasteiger partial charge is 0.493 e. The Hall–Kier alpha value is -1.84. The number of hydrogen-bond acceptors (Lipinski definition) is 5. The second-order valence-electron chi connectivity index (χ2n) is 4.76. The zero-order chi connectivity index (χ0) is 15.7. The molecule has 0 fully saturated rings. The van der Waals surface area contributed by atoms with Crippen molar-refractivity contribution >= 4 is 34.4 Å². The molecule has 1 aromatic heterocycles. The van der Waals surface area contributed by atoms with Crippen LogP contribution in [0.5, 0.6) is 11.5 Å². The van der Waals surface area contributed by atoms with Crippen molar-refractivity contribution in [3.05, 3.63) is 27.6 Å². The maximum absolute atomic E-state index is 11.9. The number of carbonyl (C=O) groups is 1. The van der Waals surface area contributed by atoms with Gasteiger partial charge in [0.1, 0.15) is 6.33 Å². The van der Waals surface area contributed by atoms with Crippen molar-refractivity contribution in [2.24, 2.45) is 0 Å². The molecule has 0 aliphatic carbocycles. The van der Waals surface area contributed by atoms with Crippen molar-refractivity contribution < 1.29 is 14.3 Å². The number of fused-ring (bicyclic) bond motifs is 1. The number of benzene rings is 1. The van der Waals surface area contributed by atoms with E-state index in [1.165, 1.54) is 6.33 Å². The van der Waals surface area contributed by atoms with E-state index in [9.17, 15) is 4.79 Å². The first-order valence-electron chi connectivity index (χ1n) is 6.83. The van der Waals surface area contributed by atoms with Crippen molar-refractivity contribution in [1.82, 2.24) is 14.8 Å². The first kappa shape index (κ1) is 15.1. The summed E-state index contributed by atoms with van der Waals surface area (Å²) in [5.74, 6) is 1.75. The minimum atomic E-state index is -0.204. The minimum absolute atomic E-state index is 0.0756. The van der Waals surface area contributed by atoms with E-state index in [0.717, 1.165) is 9.13 Å². The molecule has 8 heteroatoms. The molecule has 0 radical (unpaired) electrons. The molecule has 2 heterocycles. The summed E-state index contributed by atoms with van der Waals surface area (Å²) in [5.41, 5.74) is 0.936. The van der Waals surface area contributed by atoms with Gasteiger partial charge in [0.2, 0.25) is 11.9 Å². The van der Waals surface area contributed by atoms with Gasteiger partial charge in [-0.3, -0.25) is 10.1 Å². The van der Waals surface area contributed by atoms with E-state index < -0.39 is 0 Å². The fourth-order valence-corrected chi connectivity index (χ4v) is 3.26. The monoisotopic (exact) mass is 414 g/mol. The highest BCUT2D eigenvalue weighted by Crippen LogP contribution is 2.38. The molecule has 1 N–H and O–H groups in total. The Labute approximate surface area is 141 Å². The van der Waals surface area contributed by atoms with Gasteiger partial charge in [-0.1, -0.05) is 0 Å². The number of rotatable bonds is 4. The second kappa shape index (κ2) is 6.11. The van der Waals surface area contributed by atoms with E-state index in [-0.39, 0.29) is 11.9 Å². The SMILES string of the molecule is CCOc1c(I)cc(C2CC(=O)Nc3ncnn32)cc1OC. The predicted molar refractivity (Wildman–Crippen MR) is 88.3 cm³/mol. The number of anilines is 1. The van der Waals surface area contributed by atoms with E-state index in [2.05, 4.69) is 38.0 Å². The van der Waals surface area contributed by atoms with Gasteiger partial charge in [-0.05, 0) is 47.2 Å². The van der Waals surface area contributed by atoms with Gasteiger partial charge in [-0.2, -0.15) is 10.1 Å². The summed E-state index contributed by atoms with van der Waals surface area (Å²) >= 11 is 2.21. The summed E-state index contributed by atoms with van der Waals surface area (Å²) in [7, 11) is 1.60. The fraction of sp³-hybridized carbons (Fsp3) is 0.357. The Balaban J connectivity index is 2.06. The van der Waals surface area contributed by atoms with Crippen LogP contribution in [-0.4, -0.2) is 34.4 Å². The van der Waals surface area contributed by atoms with E-state index in [0.29, 0.717) is 30.5 Å². The minimum Gasteiger partial charge on any atom is -0.493 e. The van der Waals surface area contributed by atoms with Crippen LogP contribution < -0.4 is 14.8 Å². The second-order valence-corrected chi connectivity index (χ2v) is 5.93. The highest BCUT2D eigenvalue weighted by Gasteiger charge is 2.29. The molecule has 0 spiro atoms. The molecular formula is C14H15IN4O3. The fourth-order valence-electron chi connectivity index (χ4n) is 2.48. The molecule has 1 aliphatic rings. The number of ether oxygens (including phenoxy) is 2. The third-order valence-electron chi connectivity index (χ3n) is 3.42. The van der Waals surface area contributed by atoms with Crippen LogP contribution >= 0.6 is 22.6 Å². The molecule has 22 heavy (non-hydrogen) atoms. The van der Waals surface area contributed by atoms with Gasteiger partial charge < -0.3 is 9.47 Å². The van der Waals surface area contributed by atoms with Gasteiger partial charge in [-0.15, -0.1) is 0 Å². The van der Waals surface area contributed by atoms with Gasteiger partial charge in [0.05, 0.1) is 29.7 Å². The molecular weight excluding hydrogens is 399 g/mol. The van der Waals surface area contributed by atoms with Gasteiger partial charge in [0.25, 0.3) is 0 Å². The summed E-state index contributed by atoms with van der Waals surface area (Å²) in [6, 6.07) is 3.68. The first-order chi connectivity index (χ1) is 10.6. The van der Waals surface area contributed by atoms with Crippen LogP contribution in [0.15, 0.2) is 18.5 Å². The summed E-state index contributed by atoms with van der Waals surface area (Å²) in [4.78, 5) is 15.9. The molecule has 0 saturated heterocycles. The summed E-state index contributed by atoms with van der Waals surface area (Å²) < 4.78 is 13.7. The lowest BCUT2D eigenvalue weighted by atomic mass is 10.0. The third-order valence-corrected chi connectivity index (χ3v) is 4.22. The number of nitrogens with zero attached hydrogens (tertiary/aromatic N) is 3. The Kier molecular flexibility index (Phi) is 4.19. The molecule has 116 valence electrons. The quantitative estimate of drug-likeness (QED) is 0.777. The van der Waals surface area contributed by atoms with Gasteiger partial charge in [0, 0.05) is 0 Å². The number of carbonyl (C=O) groups excluding carboxylic acids is 1. The Bertz CT molecular complexity index is 716. The molecule has 0 saturated carbocycles. The van der Waals surface area contributed by atoms with Crippen LogP contribution in [0.3, 0.4) is 0 Å². The van der Waals surface area contributed by atoms with Crippen LogP contribution in [0, 0.1) is 3.57 Å². The lowest BCUT2D eigenvalue weighted by Crippen LogP contribution is -2.29. The zero-order valence-corrected chi connectivity index (χ0v) is 14.3. The van der Waals surface area contributed by atoms with Gasteiger partial charge in [0.15, 0.2) is 11.5 Å². The zero-order valence-electron chi connectivity index (χ0n) is 12.2. The summed E-state index contributed by atoms with van der Waals surface area (Å²) in [6.07, 6.45) is 1.74. The number of amides is 1. The molecule has 0 bridgehead atoms. The van der Waals surface area contributed by atoms with Crippen LogP contribution in [-0.2, 0) is 4.79 Å². The maximum atomic E-state index is 11.9. The average Bonchev–Trinajstić information content (AvgIpc) is 2.96. The van der Waals surface area contributed by atoms with Crippen molar-refractivity contribution in [1.29, 1.82) is 0 Å². The molecule has 1 unspecified atom stereocenters. The molecule has 7 nitrogen and oxygen atoms in total. The number of nitrogens with one attached hydrogen (secondary N) is 1. The van der Waals surface area contributed by atoms with E-state index >= 15 is 0 Å². The number of halogens is 1. The Morgan fingerprint density at radius 2 is 2.32 bits per heavy atom. The first-order valence-corrected chi connectivity index (χ1v) is 7.91. The molecule has 1 amide bonds. The topological polar surface area (TPSA) is 78.3 Å². The molecule has 1 aliphatic heterocycles. The molecule has 1 aromatic carbocycles. The van der Waals surface area contributed by atoms with Crippen LogP contribution in [0.25, 0.3) is 0 Å². The standard InChI is InChI=1S/C14H15IN4O3/c1-3-22-13-9(15)4-8(5-11(13)21-2)10-6-12(20)18-14-16-7-17-19(10)14/h4-5,7,10H,3,6H2,1-2H3,(H,16,17,18,20). The van der Waals surface area contributed by atoms with Crippen LogP contribution in [0.2, 0.25) is 0 Å². The van der Waals surface area contributed by atoms with Gasteiger partial charge in [-0.25, -0.2) is 4.68 Å². The summed E-state index contributed by atoms with van der Waals surface area (Å²) in [5, 5.41) is 6.92. The number of aromatic nitrogens is 3. The average molecular weight is 414 g/mol. The smallest absolute Gasteiger partial charge is 0.229 e. The highest BCUT2D eigenvalue weighted by molar-refractivity contribution is 14.1. The Morgan fingerprint density at radius 1 is 1.50 bits per heavy atom. The Morgan fingerprint density at radius 3 is 3.05 bits per heavy atom. The van der Waals surface area contributed by atoms with Crippen LogP contribution in [0.1, 0.15) is 24.9 Å². The highest BCUT2D eigenvalue weighted by atomic mass is 127. The number of hydrogen-bond donors (Lipinski definition) is 1. The molecule has 3 rings (SSSR count). The van der Waals surface area contributed by atoms with Crippen molar-refractivity contribution in [2.75, 3.05) is 19.0 Å². The van der Waals surface area contributed by atoms with E-state index in [1.54, 1.807) is 11.8 Å². The van der Waals surface area contributed by atoms with Crippen molar-refractivity contribution in [3.8, 4) is 11.5 Å². The normalized spacial score (nSPS) is 16.9. The van der Waals surface area contributed by atoms with Crippen molar-refractivity contribution in [2.45, 2.75) is 19.4 Å². The van der Waals surface area contributed by atoms with Crippen molar-refractivity contribution in [3.63, 3.8) is 0 Å². The molecule has 2 aromatic rings. The van der Waals surface area contributed by atoms with Crippen LogP contribution in [0.4, 0.5) is 5.95 Å². The summed E-state index contributed by atoms with van der Waals surface area (Å²) in [6.45, 7) is 2.49.